The minimum atomic E-state index is -4.57. The van der Waals surface area contributed by atoms with Gasteiger partial charge in [0.05, 0.1) is 16.5 Å². The average molecular weight is 668 g/mol. The van der Waals surface area contributed by atoms with Gasteiger partial charge in [0, 0.05) is 51.0 Å². The number of alkyl halides is 3. The van der Waals surface area contributed by atoms with Crippen LogP contribution in [-0.2, 0) is 11.3 Å². The van der Waals surface area contributed by atoms with Crippen LogP contribution in [0.1, 0.15) is 59.2 Å². The second-order valence-corrected chi connectivity index (χ2v) is 12.5. The summed E-state index contributed by atoms with van der Waals surface area (Å²) in [5.41, 5.74) is 1.08. The van der Waals surface area contributed by atoms with E-state index in [1.165, 1.54) is 43.2 Å². The van der Waals surface area contributed by atoms with Gasteiger partial charge in [-0.3, -0.25) is 14.3 Å². The molecule has 3 aromatic carbocycles. The van der Waals surface area contributed by atoms with Gasteiger partial charge in [0.2, 0.25) is 0 Å². The molecule has 8 nitrogen and oxygen atoms in total. The lowest BCUT2D eigenvalue weighted by Gasteiger charge is -2.32. The first-order chi connectivity index (χ1) is 23.1. The number of likely N-dealkylation sites (tertiary alicyclic amines) is 1. The molecule has 0 radical (unpaired) electrons. The zero-order valence-corrected chi connectivity index (χ0v) is 26.4. The van der Waals surface area contributed by atoms with Gasteiger partial charge in [-0.25, -0.2) is 4.39 Å². The summed E-state index contributed by atoms with van der Waals surface area (Å²) in [6, 6.07) is 15.6. The Kier molecular flexibility index (Phi) is 10.3. The van der Waals surface area contributed by atoms with Gasteiger partial charge >= 0.3 is 6.18 Å². The Morgan fingerprint density at radius 2 is 1.56 bits per heavy atom. The fourth-order valence-electron chi connectivity index (χ4n) is 5.81. The molecule has 2 aliphatic rings. The molecule has 0 atom stereocenters. The molecule has 254 valence electrons. The number of ether oxygens (including phenoxy) is 3. The summed E-state index contributed by atoms with van der Waals surface area (Å²) in [6.45, 7) is 1.18. The first-order valence-corrected chi connectivity index (χ1v) is 16.2. The van der Waals surface area contributed by atoms with Crippen LogP contribution in [-0.4, -0.2) is 65.5 Å². The molecular weight excluding hydrogens is 630 g/mol. The van der Waals surface area contributed by atoms with Crippen molar-refractivity contribution in [2.75, 3.05) is 32.9 Å². The molecule has 48 heavy (non-hydrogen) atoms. The van der Waals surface area contributed by atoms with Crippen molar-refractivity contribution in [3.8, 4) is 17.2 Å². The first kappa shape index (κ1) is 33.5. The van der Waals surface area contributed by atoms with Crippen molar-refractivity contribution in [2.24, 2.45) is 11.8 Å². The molecule has 4 aromatic rings. The van der Waals surface area contributed by atoms with E-state index in [1.807, 2.05) is 0 Å². The molecule has 1 amide bonds. The second kappa shape index (κ2) is 14.8. The molecule has 6 rings (SSSR count). The van der Waals surface area contributed by atoms with Crippen molar-refractivity contribution in [1.82, 2.24) is 14.7 Å². The van der Waals surface area contributed by atoms with Crippen LogP contribution < -0.4 is 9.47 Å². The van der Waals surface area contributed by atoms with Crippen LogP contribution in [0.25, 0.3) is 10.9 Å². The van der Waals surface area contributed by atoms with E-state index < -0.39 is 12.8 Å². The first-order valence-electron chi connectivity index (χ1n) is 16.2. The zero-order valence-electron chi connectivity index (χ0n) is 26.4. The van der Waals surface area contributed by atoms with Crippen LogP contribution in [0.15, 0.2) is 66.9 Å². The van der Waals surface area contributed by atoms with E-state index in [2.05, 4.69) is 5.10 Å². The molecule has 2 fully saturated rings. The van der Waals surface area contributed by atoms with E-state index in [0.717, 1.165) is 12.8 Å². The van der Waals surface area contributed by atoms with Crippen molar-refractivity contribution < 1.29 is 41.4 Å². The highest BCUT2D eigenvalue weighted by Crippen LogP contribution is 2.33. The van der Waals surface area contributed by atoms with E-state index in [1.54, 1.807) is 46.1 Å². The number of hydrogen-bond donors (Lipinski definition) is 0. The minimum Gasteiger partial charge on any atom is -0.483 e. The van der Waals surface area contributed by atoms with Gasteiger partial charge in [0.15, 0.2) is 12.4 Å². The number of rotatable bonds is 14. The Hall–Kier alpha value is -4.45. The van der Waals surface area contributed by atoms with E-state index in [0.29, 0.717) is 73.2 Å². The van der Waals surface area contributed by atoms with Crippen LogP contribution >= 0.6 is 0 Å². The SMILES string of the molecule is O=C(CCCOCC1CC1)c1ccc2nn(CC3CCN(C(=O)c4ccc(Oc5ccc(F)cc5)cc4)CC3)cc2c1OCC(F)(F)F. The quantitative estimate of drug-likeness (QED) is 0.0774. The van der Waals surface area contributed by atoms with Crippen LogP contribution in [0, 0.1) is 17.7 Å². The summed E-state index contributed by atoms with van der Waals surface area (Å²) >= 11 is 0. The predicted octanol–water partition coefficient (Wildman–Crippen LogP) is 7.85. The number of Topliss-reactive ketones (excluding diaryl/α,β-unsaturated/α-hetero) is 1. The van der Waals surface area contributed by atoms with E-state index in [4.69, 9.17) is 14.2 Å². The Morgan fingerprint density at radius 3 is 2.23 bits per heavy atom. The van der Waals surface area contributed by atoms with Crippen molar-refractivity contribution in [2.45, 2.75) is 51.2 Å². The molecule has 0 N–H and O–H groups in total. The van der Waals surface area contributed by atoms with Crippen molar-refractivity contribution in [1.29, 1.82) is 0 Å². The lowest BCUT2D eigenvalue weighted by molar-refractivity contribution is -0.153. The molecular formula is C36H37F4N3O5. The Balaban J connectivity index is 1.05. The number of hydrogen-bond acceptors (Lipinski definition) is 6. The maximum Gasteiger partial charge on any atom is 0.422 e. The normalized spacial score (nSPS) is 15.5. The van der Waals surface area contributed by atoms with Crippen LogP contribution in [0.5, 0.6) is 17.2 Å². The standard InChI is InChI=1S/C36H37F4N3O5/c37-27-7-11-29(12-8-27)48-28-9-5-26(6-10-28)35(45)42-17-15-24(16-18-42)20-43-21-31-32(41-43)14-13-30(34(31)47-23-36(38,39)40)33(44)2-1-19-46-22-25-3-4-25/h5-14,21,24-25H,1-4,15-20,22-23H2. The third-order valence-electron chi connectivity index (χ3n) is 8.61. The maximum atomic E-state index is 13.2. The number of halogens is 4. The monoisotopic (exact) mass is 667 g/mol. The van der Waals surface area contributed by atoms with Gasteiger partial charge in [-0.15, -0.1) is 0 Å². The van der Waals surface area contributed by atoms with Crippen molar-refractivity contribution in [3.05, 3.63) is 83.8 Å². The molecule has 1 aromatic heterocycles. The maximum absolute atomic E-state index is 13.2. The number of amides is 1. The number of nitrogens with zero attached hydrogens (tertiary/aromatic N) is 3. The lowest BCUT2D eigenvalue weighted by atomic mass is 9.96. The van der Waals surface area contributed by atoms with Gasteiger partial charge in [-0.05, 0) is 105 Å². The number of aromatic nitrogens is 2. The third kappa shape index (κ3) is 8.91. The van der Waals surface area contributed by atoms with Crippen LogP contribution in [0.3, 0.4) is 0 Å². The van der Waals surface area contributed by atoms with E-state index >= 15 is 0 Å². The Bertz CT molecular complexity index is 1710. The fraction of sp³-hybridized carbons (Fsp3) is 0.417. The Morgan fingerprint density at radius 1 is 0.875 bits per heavy atom. The molecule has 12 heteroatoms. The lowest BCUT2D eigenvalue weighted by Crippen LogP contribution is -2.39. The highest BCUT2D eigenvalue weighted by Gasteiger charge is 2.31. The largest absolute Gasteiger partial charge is 0.483 e. The summed E-state index contributed by atoms with van der Waals surface area (Å²) in [5.74, 6) is 0.960. The summed E-state index contributed by atoms with van der Waals surface area (Å²) in [6.07, 6.45) is 1.45. The van der Waals surface area contributed by atoms with Gasteiger partial charge < -0.3 is 19.1 Å². The van der Waals surface area contributed by atoms with Gasteiger partial charge in [-0.2, -0.15) is 18.3 Å². The van der Waals surface area contributed by atoms with E-state index in [-0.39, 0.29) is 41.2 Å². The topological polar surface area (TPSA) is 82.9 Å². The summed E-state index contributed by atoms with van der Waals surface area (Å²) in [4.78, 5) is 28.0. The molecule has 0 bridgehead atoms. The Labute approximate surface area is 275 Å². The van der Waals surface area contributed by atoms with Crippen molar-refractivity contribution in [3.63, 3.8) is 0 Å². The molecule has 2 heterocycles. The minimum absolute atomic E-state index is 0.0928. The molecule has 0 spiro atoms. The number of carbonyl (C=O) groups is 2. The highest BCUT2D eigenvalue weighted by atomic mass is 19.4. The zero-order chi connectivity index (χ0) is 33.7. The van der Waals surface area contributed by atoms with E-state index in [9.17, 15) is 27.2 Å². The average Bonchev–Trinajstić information content (AvgIpc) is 3.81. The van der Waals surface area contributed by atoms with Crippen LogP contribution in [0.4, 0.5) is 17.6 Å². The highest BCUT2D eigenvalue weighted by molar-refractivity contribution is 6.04. The fourth-order valence-corrected chi connectivity index (χ4v) is 5.81. The third-order valence-corrected chi connectivity index (χ3v) is 8.61. The number of ketones is 1. The molecule has 1 saturated heterocycles. The summed E-state index contributed by atoms with van der Waals surface area (Å²) < 4.78 is 70.9. The second-order valence-electron chi connectivity index (χ2n) is 12.5. The van der Waals surface area contributed by atoms with Gasteiger partial charge in [-0.1, -0.05) is 0 Å². The van der Waals surface area contributed by atoms with Gasteiger partial charge in [0.25, 0.3) is 5.91 Å². The molecule has 1 aliphatic heterocycles. The number of benzene rings is 3. The summed E-state index contributed by atoms with van der Waals surface area (Å²) in [7, 11) is 0. The summed E-state index contributed by atoms with van der Waals surface area (Å²) in [5, 5.41) is 4.93. The predicted molar refractivity (Wildman–Crippen MR) is 170 cm³/mol. The van der Waals surface area contributed by atoms with Gasteiger partial charge in [0.1, 0.15) is 23.1 Å². The number of fused-ring (bicyclic) bond motifs is 1. The molecule has 1 saturated carbocycles. The number of carbonyl (C=O) groups excluding carboxylic acids is 2. The van der Waals surface area contributed by atoms with Crippen molar-refractivity contribution >= 4 is 22.6 Å². The molecule has 0 unspecified atom stereocenters. The smallest absolute Gasteiger partial charge is 0.422 e. The van der Waals surface area contributed by atoms with Crippen LogP contribution in [0.2, 0.25) is 0 Å². The molecule has 1 aliphatic carbocycles. The number of piperidine rings is 1.